The molecule has 0 atom stereocenters. The van der Waals surface area contributed by atoms with Gasteiger partial charge in [-0.05, 0) is 55.2 Å². The van der Waals surface area contributed by atoms with E-state index in [0.29, 0.717) is 11.4 Å². The van der Waals surface area contributed by atoms with Crippen LogP contribution in [0.5, 0.6) is 0 Å². The molecule has 164 valence electrons. The molecule has 5 nitrogen and oxygen atoms in total. The smallest absolute Gasteiger partial charge is 0.219 e. The summed E-state index contributed by atoms with van der Waals surface area (Å²) in [5.74, 6) is 1.71. The largest absolute Gasteiger partial charge is 0.356 e. The number of benzene rings is 2. The number of nitrogens with one attached hydrogen (secondary N) is 1. The molecule has 3 aromatic rings. The lowest BCUT2D eigenvalue weighted by atomic mass is 10.1. The molecule has 0 bridgehead atoms. The lowest BCUT2D eigenvalue weighted by Crippen LogP contribution is -2.23. The monoisotopic (exact) mass is 476 g/mol. The highest BCUT2D eigenvalue weighted by Gasteiger charge is 2.15. The number of nitrogens with zero attached hydrogens (tertiary/aromatic N) is 3. The highest BCUT2D eigenvalue weighted by atomic mass is 35.5. The minimum Gasteiger partial charge on any atom is -0.356 e. The van der Waals surface area contributed by atoms with E-state index in [2.05, 4.69) is 20.1 Å². The summed E-state index contributed by atoms with van der Waals surface area (Å²) >= 11 is 14.0. The van der Waals surface area contributed by atoms with Crippen LogP contribution in [0, 0.1) is 0 Å². The molecule has 0 saturated carbocycles. The van der Waals surface area contributed by atoms with Gasteiger partial charge in [-0.15, -0.1) is 10.2 Å². The van der Waals surface area contributed by atoms with Crippen molar-refractivity contribution < 1.29 is 4.79 Å². The van der Waals surface area contributed by atoms with Crippen molar-refractivity contribution >= 4 is 40.9 Å². The van der Waals surface area contributed by atoms with Crippen molar-refractivity contribution in [1.82, 2.24) is 20.1 Å². The fourth-order valence-corrected chi connectivity index (χ4v) is 4.44. The topological polar surface area (TPSA) is 59.8 Å². The number of hydrogen-bond acceptors (Lipinski definition) is 4. The second-order valence-corrected chi connectivity index (χ2v) is 9.01. The Morgan fingerprint density at radius 1 is 1.06 bits per heavy atom. The molecule has 31 heavy (non-hydrogen) atoms. The Labute approximate surface area is 197 Å². The van der Waals surface area contributed by atoms with Crippen molar-refractivity contribution in [2.45, 2.75) is 49.9 Å². The summed E-state index contributed by atoms with van der Waals surface area (Å²) in [6.45, 7) is 2.78. The first-order valence-electron chi connectivity index (χ1n) is 10.4. The fourth-order valence-electron chi connectivity index (χ4n) is 3.13. The number of carbonyl (C=O) groups excluding carboxylic acids is 1. The molecule has 1 N–H and O–H groups in total. The van der Waals surface area contributed by atoms with E-state index in [4.69, 9.17) is 23.2 Å². The van der Waals surface area contributed by atoms with Gasteiger partial charge in [-0.25, -0.2) is 0 Å². The predicted molar refractivity (Wildman–Crippen MR) is 128 cm³/mol. The Balaban J connectivity index is 1.71. The van der Waals surface area contributed by atoms with Crippen LogP contribution in [0.1, 0.15) is 44.0 Å². The Morgan fingerprint density at radius 3 is 2.58 bits per heavy atom. The molecule has 0 radical (unpaired) electrons. The molecular weight excluding hydrogens is 451 g/mol. The van der Waals surface area contributed by atoms with E-state index in [1.165, 1.54) is 0 Å². The lowest BCUT2D eigenvalue weighted by Gasteiger charge is -2.11. The second kappa shape index (κ2) is 12.1. The molecule has 1 heterocycles. The van der Waals surface area contributed by atoms with Crippen molar-refractivity contribution in [1.29, 1.82) is 0 Å². The second-order valence-electron chi connectivity index (χ2n) is 7.19. The molecule has 0 spiro atoms. The maximum Gasteiger partial charge on any atom is 0.219 e. The number of unbranched alkanes of at least 4 members (excludes halogenated alkanes) is 1. The van der Waals surface area contributed by atoms with E-state index < -0.39 is 0 Å². The number of hydrogen-bond donors (Lipinski definition) is 1. The van der Waals surface area contributed by atoms with Gasteiger partial charge in [0, 0.05) is 35.2 Å². The number of halogens is 2. The Bertz CT molecular complexity index is 1010. The molecule has 0 fully saturated rings. The standard InChI is InChI=1S/C23H26Cl2N4OS/c1-2-13-26-22(30)12-4-3-11-21-27-28-23(29(21)20-10-6-9-19(25)15-20)31-16-17-7-5-8-18(24)14-17/h5-10,14-15H,2-4,11-13,16H2,1H3,(H,26,30). The highest BCUT2D eigenvalue weighted by molar-refractivity contribution is 7.98. The third kappa shape index (κ3) is 7.27. The first-order chi connectivity index (χ1) is 15.1. The first-order valence-corrected chi connectivity index (χ1v) is 12.1. The van der Waals surface area contributed by atoms with Crippen LogP contribution in [0.25, 0.3) is 5.69 Å². The van der Waals surface area contributed by atoms with Gasteiger partial charge in [-0.2, -0.15) is 0 Å². The zero-order valence-electron chi connectivity index (χ0n) is 17.5. The summed E-state index contributed by atoms with van der Waals surface area (Å²) < 4.78 is 2.05. The number of amides is 1. The van der Waals surface area contributed by atoms with E-state index in [1.807, 2.05) is 55.5 Å². The fraction of sp³-hybridized carbons (Fsp3) is 0.348. The van der Waals surface area contributed by atoms with E-state index in [-0.39, 0.29) is 5.91 Å². The normalized spacial score (nSPS) is 10.9. The summed E-state index contributed by atoms with van der Waals surface area (Å²) in [6, 6.07) is 15.5. The van der Waals surface area contributed by atoms with Crippen molar-refractivity contribution in [3.8, 4) is 5.69 Å². The zero-order chi connectivity index (χ0) is 22.1. The van der Waals surface area contributed by atoms with Gasteiger partial charge in [-0.3, -0.25) is 9.36 Å². The molecule has 0 aliphatic rings. The van der Waals surface area contributed by atoms with Crippen molar-refractivity contribution in [3.63, 3.8) is 0 Å². The van der Waals surface area contributed by atoms with Crippen LogP contribution in [0.15, 0.2) is 53.7 Å². The van der Waals surface area contributed by atoms with Crippen molar-refractivity contribution in [3.05, 3.63) is 70.0 Å². The Kier molecular flexibility index (Phi) is 9.25. The van der Waals surface area contributed by atoms with Crippen LogP contribution >= 0.6 is 35.0 Å². The molecule has 8 heteroatoms. The molecule has 0 saturated heterocycles. The first kappa shape index (κ1) is 23.6. The van der Waals surface area contributed by atoms with Crippen LogP contribution in [-0.4, -0.2) is 27.2 Å². The van der Waals surface area contributed by atoms with Gasteiger partial charge in [0.05, 0.1) is 5.69 Å². The Hall–Kier alpha value is -2.02. The average molecular weight is 477 g/mol. The van der Waals surface area contributed by atoms with Gasteiger partial charge < -0.3 is 5.32 Å². The molecule has 1 amide bonds. The van der Waals surface area contributed by atoms with E-state index >= 15 is 0 Å². The van der Waals surface area contributed by atoms with Crippen molar-refractivity contribution in [2.75, 3.05) is 6.54 Å². The van der Waals surface area contributed by atoms with Crippen LogP contribution < -0.4 is 5.32 Å². The third-order valence-corrected chi connectivity index (χ3v) is 6.12. The molecular formula is C23H26Cl2N4OS. The zero-order valence-corrected chi connectivity index (χ0v) is 19.8. The van der Waals surface area contributed by atoms with Crippen LogP contribution in [0.2, 0.25) is 10.0 Å². The maximum atomic E-state index is 11.8. The third-order valence-electron chi connectivity index (χ3n) is 4.65. The minimum absolute atomic E-state index is 0.107. The summed E-state index contributed by atoms with van der Waals surface area (Å²) in [7, 11) is 0. The SMILES string of the molecule is CCCNC(=O)CCCCc1nnc(SCc2cccc(Cl)c2)n1-c1cccc(Cl)c1. The van der Waals surface area contributed by atoms with Gasteiger partial charge in [0.25, 0.3) is 0 Å². The minimum atomic E-state index is 0.107. The van der Waals surface area contributed by atoms with Gasteiger partial charge in [0.15, 0.2) is 5.16 Å². The van der Waals surface area contributed by atoms with Gasteiger partial charge >= 0.3 is 0 Å². The summed E-state index contributed by atoms with van der Waals surface area (Å²) in [4.78, 5) is 11.8. The molecule has 0 unspecified atom stereocenters. The summed E-state index contributed by atoms with van der Waals surface area (Å²) in [5, 5.41) is 14.0. The summed E-state index contributed by atoms with van der Waals surface area (Å²) in [6.07, 6.45) is 3.88. The van der Waals surface area contributed by atoms with Crippen molar-refractivity contribution in [2.24, 2.45) is 0 Å². The van der Waals surface area contributed by atoms with Crippen LogP contribution in [-0.2, 0) is 17.0 Å². The van der Waals surface area contributed by atoms with Gasteiger partial charge in [-0.1, -0.05) is 60.1 Å². The van der Waals surface area contributed by atoms with E-state index in [9.17, 15) is 4.79 Å². The summed E-state index contributed by atoms with van der Waals surface area (Å²) in [5.41, 5.74) is 2.06. The lowest BCUT2D eigenvalue weighted by molar-refractivity contribution is -0.121. The maximum absolute atomic E-state index is 11.8. The van der Waals surface area contributed by atoms with Crippen LogP contribution in [0.3, 0.4) is 0 Å². The number of aromatic nitrogens is 3. The van der Waals surface area contributed by atoms with Gasteiger partial charge in [0.2, 0.25) is 5.91 Å². The highest BCUT2D eigenvalue weighted by Crippen LogP contribution is 2.28. The van der Waals surface area contributed by atoms with Crippen LogP contribution in [0.4, 0.5) is 0 Å². The average Bonchev–Trinajstić information content (AvgIpc) is 3.16. The molecule has 0 aliphatic heterocycles. The number of carbonyl (C=O) groups is 1. The quantitative estimate of drug-likeness (QED) is 0.268. The molecule has 3 rings (SSSR count). The molecule has 2 aromatic carbocycles. The van der Waals surface area contributed by atoms with E-state index in [1.54, 1.807) is 11.8 Å². The number of rotatable bonds is 11. The predicted octanol–water partition coefficient (Wildman–Crippen LogP) is 6.11. The van der Waals surface area contributed by atoms with Gasteiger partial charge in [0.1, 0.15) is 5.82 Å². The molecule has 0 aliphatic carbocycles. The van der Waals surface area contributed by atoms with E-state index in [0.717, 1.165) is 65.2 Å². The Morgan fingerprint density at radius 2 is 1.84 bits per heavy atom. The number of thioether (sulfide) groups is 1. The molecule has 1 aromatic heterocycles. The number of aryl methyl sites for hydroxylation is 1.